The van der Waals surface area contributed by atoms with Crippen LogP contribution in [0.5, 0.6) is 5.88 Å². The highest BCUT2D eigenvalue weighted by Gasteiger charge is 2.36. The highest BCUT2D eigenvalue weighted by molar-refractivity contribution is 7.99. The van der Waals surface area contributed by atoms with Crippen LogP contribution in [0.2, 0.25) is 0 Å². The van der Waals surface area contributed by atoms with Crippen molar-refractivity contribution in [3.63, 3.8) is 0 Å². The quantitative estimate of drug-likeness (QED) is 0.310. The van der Waals surface area contributed by atoms with Crippen LogP contribution >= 0.6 is 11.8 Å². The Morgan fingerprint density at radius 3 is 2.62 bits per heavy atom. The van der Waals surface area contributed by atoms with Crippen molar-refractivity contribution in [3.8, 4) is 17.1 Å². The first kappa shape index (κ1) is 21.8. The van der Waals surface area contributed by atoms with E-state index in [1.807, 2.05) is 48.5 Å². The Morgan fingerprint density at radius 2 is 1.85 bits per heavy atom. The number of aromatic nitrogens is 4. The third kappa shape index (κ3) is 3.63. The highest BCUT2D eigenvalue weighted by Crippen LogP contribution is 2.44. The Morgan fingerprint density at radius 1 is 1.09 bits per heavy atom. The first-order chi connectivity index (χ1) is 16.5. The van der Waals surface area contributed by atoms with E-state index in [-0.39, 0.29) is 17.7 Å². The summed E-state index contributed by atoms with van der Waals surface area (Å²) in [5.74, 6) is 0.520. The van der Waals surface area contributed by atoms with Crippen molar-refractivity contribution in [2.75, 3.05) is 10.7 Å². The van der Waals surface area contributed by atoms with Gasteiger partial charge in [-0.3, -0.25) is 19.1 Å². The van der Waals surface area contributed by atoms with Gasteiger partial charge in [-0.1, -0.05) is 54.2 Å². The van der Waals surface area contributed by atoms with Crippen molar-refractivity contribution in [3.05, 3.63) is 72.9 Å². The summed E-state index contributed by atoms with van der Waals surface area (Å²) in [6.45, 7) is 6.71. The second kappa shape index (κ2) is 8.75. The molecule has 3 heterocycles. The number of nitrogens with zero attached hydrogens (tertiary/aromatic N) is 5. The average molecular weight is 472 g/mol. The number of hydrogen-bond acceptors (Lipinski definition) is 7. The fraction of sp³-hybridized carbons (Fsp3) is 0.160. The number of fused-ring (bicyclic) bond motifs is 4. The number of benzene rings is 2. The van der Waals surface area contributed by atoms with Gasteiger partial charge in [0.15, 0.2) is 5.69 Å². The second-order valence-corrected chi connectivity index (χ2v) is 8.70. The van der Waals surface area contributed by atoms with Gasteiger partial charge in [-0.25, -0.2) is 0 Å². The molecule has 5 rings (SSSR count). The summed E-state index contributed by atoms with van der Waals surface area (Å²) in [6.07, 6.45) is 2.61. The lowest BCUT2D eigenvalue weighted by molar-refractivity contribution is -0.118. The van der Waals surface area contributed by atoms with Crippen LogP contribution in [0.3, 0.4) is 0 Å². The number of carbonyl (C=O) groups excluding carboxylic acids is 2. The minimum Gasteiger partial charge on any atom is -0.447 e. The number of hydrogen-bond donors (Lipinski definition) is 0. The molecule has 0 radical (unpaired) electrons. The van der Waals surface area contributed by atoms with E-state index in [2.05, 4.69) is 21.8 Å². The Kier molecular flexibility index (Phi) is 5.62. The van der Waals surface area contributed by atoms with Crippen LogP contribution in [0.25, 0.3) is 22.2 Å². The zero-order valence-corrected chi connectivity index (χ0v) is 19.5. The van der Waals surface area contributed by atoms with Gasteiger partial charge < -0.3 is 4.74 Å². The summed E-state index contributed by atoms with van der Waals surface area (Å²) in [5, 5.41) is 9.88. The van der Waals surface area contributed by atoms with Gasteiger partial charge >= 0.3 is 0 Å². The fourth-order valence-electron chi connectivity index (χ4n) is 4.11. The average Bonchev–Trinajstić information content (AvgIpc) is 3.15. The number of ether oxygens (including phenoxy) is 1. The van der Waals surface area contributed by atoms with Crippen molar-refractivity contribution in [2.24, 2.45) is 0 Å². The molecule has 9 heteroatoms. The number of anilines is 1. The molecule has 0 N–H and O–H groups in total. The number of thioether (sulfide) groups is 1. The van der Waals surface area contributed by atoms with Crippen LogP contribution in [-0.2, 0) is 4.79 Å². The zero-order valence-electron chi connectivity index (χ0n) is 18.6. The molecule has 2 aromatic heterocycles. The SMILES string of the molecule is C=CCSc1nnc2c(n1)O[C@H](c1cn(C(C)=O)c3ccccc13)N(C(C)=O)c1ccccc1-2. The van der Waals surface area contributed by atoms with E-state index in [0.29, 0.717) is 33.4 Å². The molecule has 1 amide bonds. The smallest absolute Gasteiger partial charge is 0.247 e. The molecule has 1 aliphatic heterocycles. The molecule has 4 aromatic rings. The molecule has 0 fully saturated rings. The van der Waals surface area contributed by atoms with Gasteiger partial charge in [-0.2, -0.15) is 4.98 Å². The van der Waals surface area contributed by atoms with Crippen molar-refractivity contribution in [1.29, 1.82) is 0 Å². The normalized spacial score (nSPS) is 14.6. The van der Waals surface area contributed by atoms with Crippen LogP contribution in [-0.4, -0.2) is 37.3 Å². The monoisotopic (exact) mass is 471 g/mol. The Labute approximate surface area is 200 Å². The van der Waals surface area contributed by atoms with Gasteiger partial charge in [-0.05, 0) is 12.1 Å². The number of para-hydroxylation sites is 2. The van der Waals surface area contributed by atoms with Crippen LogP contribution in [0.15, 0.2) is 72.5 Å². The highest BCUT2D eigenvalue weighted by atomic mass is 32.2. The van der Waals surface area contributed by atoms with Crippen molar-refractivity contribution < 1.29 is 14.3 Å². The summed E-state index contributed by atoms with van der Waals surface area (Å²) in [6, 6.07) is 15.0. The predicted octanol–water partition coefficient (Wildman–Crippen LogP) is 4.88. The molecule has 0 spiro atoms. The van der Waals surface area contributed by atoms with Crippen LogP contribution in [0.1, 0.15) is 30.4 Å². The molecule has 0 saturated heterocycles. The minimum absolute atomic E-state index is 0.140. The maximum absolute atomic E-state index is 13.0. The molecular weight excluding hydrogens is 450 g/mol. The van der Waals surface area contributed by atoms with Gasteiger partial charge in [0, 0.05) is 42.3 Å². The molecule has 0 bridgehead atoms. The van der Waals surface area contributed by atoms with Crippen molar-refractivity contribution in [2.45, 2.75) is 25.2 Å². The van der Waals surface area contributed by atoms with E-state index in [4.69, 9.17) is 4.74 Å². The van der Waals surface area contributed by atoms with Gasteiger partial charge in [0.2, 0.25) is 29.1 Å². The number of carbonyl (C=O) groups is 2. The summed E-state index contributed by atoms with van der Waals surface area (Å²) in [4.78, 5) is 31.6. The second-order valence-electron chi connectivity index (χ2n) is 7.71. The van der Waals surface area contributed by atoms with Gasteiger partial charge in [0.1, 0.15) is 0 Å². The predicted molar refractivity (Wildman–Crippen MR) is 131 cm³/mol. The van der Waals surface area contributed by atoms with Crippen LogP contribution in [0.4, 0.5) is 5.69 Å². The first-order valence-electron chi connectivity index (χ1n) is 10.6. The molecule has 34 heavy (non-hydrogen) atoms. The third-order valence-corrected chi connectivity index (χ3v) is 6.36. The molecule has 0 unspecified atom stereocenters. The zero-order chi connectivity index (χ0) is 23.8. The topological polar surface area (TPSA) is 90.2 Å². The molecule has 1 aliphatic rings. The molecule has 2 aromatic carbocycles. The van der Waals surface area contributed by atoms with Gasteiger partial charge in [0.25, 0.3) is 0 Å². The summed E-state index contributed by atoms with van der Waals surface area (Å²) >= 11 is 1.38. The van der Waals surface area contributed by atoms with Crippen molar-refractivity contribution >= 4 is 40.2 Å². The molecule has 1 atom stereocenters. The fourth-order valence-corrected chi connectivity index (χ4v) is 4.63. The standard InChI is InChI=1S/C25H21N5O3S/c1-4-13-34-25-26-23-22(27-28-25)18-10-6-8-12-21(18)30(16(3)32)24(33-23)19-14-29(15(2)31)20-11-7-5-9-17(19)20/h4-12,14,24H,1,13H2,2-3H3/t24-/m1/s1. The molecule has 0 saturated carbocycles. The molecule has 0 aliphatic carbocycles. The lowest BCUT2D eigenvalue weighted by Gasteiger charge is -2.29. The van der Waals surface area contributed by atoms with E-state index < -0.39 is 6.23 Å². The van der Waals surface area contributed by atoms with E-state index in [1.165, 1.54) is 25.6 Å². The maximum atomic E-state index is 13.0. The lowest BCUT2D eigenvalue weighted by Crippen LogP contribution is -2.36. The van der Waals surface area contributed by atoms with Gasteiger partial charge in [0.05, 0.1) is 11.2 Å². The third-order valence-electron chi connectivity index (χ3n) is 5.53. The number of amides is 1. The van der Waals surface area contributed by atoms with E-state index in [1.54, 1.807) is 21.7 Å². The van der Waals surface area contributed by atoms with E-state index >= 15 is 0 Å². The summed E-state index contributed by atoms with van der Waals surface area (Å²) in [7, 11) is 0. The van der Waals surface area contributed by atoms with Gasteiger partial charge in [-0.15, -0.1) is 16.8 Å². The summed E-state index contributed by atoms with van der Waals surface area (Å²) in [5.41, 5.74) is 3.16. The molecule has 170 valence electrons. The minimum atomic E-state index is -0.876. The van der Waals surface area contributed by atoms with Crippen molar-refractivity contribution in [1.82, 2.24) is 19.7 Å². The lowest BCUT2D eigenvalue weighted by atomic mass is 10.1. The van der Waals surface area contributed by atoms with Crippen LogP contribution < -0.4 is 9.64 Å². The Hall–Kier alpha value is -3.98. The largest absolute Gasteiger partial charge is 0.447 e. The van der Waals surface area contributed by atoms with Crippen LogP contribution in [0, 0.1) is 0 Å². The van der Waals surface area contributed by atoms with E-state index in [0.717, 1.165) is 10.9 Å². The number of rotatable bonds is 4. The first-order valence-corrected chi connectivity index (χ1v) is 11.6. The Bertz CT molecular complexity index is 1450. The maximum Gasteiger partial charge on any atom is 0.247 e. The molecule has 8 nitrogen and oxygen atoms in total. The molecular formula is C25H21N5O3S. The summed E-state index contributed by atoms with van der Waals surface area (Å²) < 4.78 is 8.01. The van der Waals surface area contributed by atoms with E-state index in [9.17, 15) is 9.59 Å². The Balaban J connectivity index is 1.77.